The Hall–Kier alpha value is -1.51. The van der Waals surface area contributed by atoms with Crippen LogP contribution in [0.4, 0.5) is 5.95 Å². The summed E-state index contributed by atoms with van der Waals surface area (Å²) in [6.45, 7) is 2.11. The van der Waals surface area contributed by atoms with E-state index in [1.54, 1.807) is 0 Å². The van der Waals surface area contributed by atoms with Crippen molar-refractivity contribution in [2.45, 2.75) is 38.6 Å². The Bertz CT molecular complexity index is 613. The molecule has 2 fully saturated rings. The second kappa shape index (κ2) is 3.50. The van der Waals surface area contributed by atoms with Crippen molar-refractivity contribution in [3.8, 4) is 0 Å². The number of para-hydroxylation sites is 1. The first-order valence-corrected chi connectivity index (χ1v) is 6.97. The van der Waals surface area contributed by atoms with Crippen LogP contribution in [0.15, 0.2) is 18.2 Å². The molecule has 2 aromatic rings. The standard InChI is InChI=1S/C15H19N3/c1-9-3-2-4-12-14(9)17-15(16)18(12)13-8-10-5-6-11(13)7-10/h2-4,10-11,13H,5-8H2,1H3,(H2,16,17). The second-order valence-electron chi connectivity index (χ2n) is 6.02. The van der Waals surface area contributed by atoms with E-state index in [0.717, 1.165) is 17.4 Å². The summed E-state index contributed by atoms with van der Waals surface area (Å²) in [6.07, 6.45) is 5.50. The number of hydrogen-bond donors (Lipinski definition) is 1. The van der Waals surface area contributed by atoms with Crippen LogP contribution in [0, 0.1) is 18.8 Å². The lowest BCUT2D eigenvalue weighted by atomic mass is 9.95. The van der Waals surface area contributed by atoms with Gasteiger partial charge in [0.2, 0.25) is 5.95 Å². The summed E-state index contributed by atoms with van der Waals surface area (Å²) in [5.41, 5.74) is 9.72. The van der Waals surface area contributed by atoms with Crippen molar-refractivity contribution in [1.29, 1.82) is 0 Å². The Morgan fingerprint density at radius 2 is 2.17 bits per heavy atom. The van der Waals surface area contributed by atoms with Crippen molar-refractivity contribution in [3.63, 3.8) is 0 Å². The van der Waals surface area contributed by atoms with Crippen LogP contribution in [0.25, 0.3) is 11.0 Å². The monoisotopic (exact) mass is 241 g/mol. The topological polar surface area (TPSA) is 43.8 Å². The van der Waals surface area contributed by atoms with Crippen LogP contribution in [0.3, 0.4) is 0 Å². The Morgan fingerprint density at radius 3 is 2.89 bits per heavy atom. The summed E-state index contributed by atoms with van der Waals surface area (Å²) in [5.74, 6) is 2.47. The molecule has 1 aromatic carbocycles. The average Bonchev–Trinajstić information content (AvgIpc) is 3.02. The molecule has 1 aromatic heterocycles. The zero-order valence-electron chi connectivity index (χ0n) is 10.8. The predicted molar refractivity (Wildman–Crippen MR) is 73.4 cm³/mol. The molecule has 0 aliphatic heterocycles. The van der Waals surface area contributed by atoms with Crippen LogP contribution in [0.2, 0.25) is 0 Å². The smallest absolute Gasteiger partial charge is 0.201 e. The third-order valence-electron chi connectivity index (χ3n) is 4.98. The summed E-state index contributed by atoms with van der Waals surface area (Å²) in [6, 6.07) is 6.98. The van der Waals surface area contributed by atoms with Crippen molar-refractivity contribution >= 4 is 17.0 Å². The minimum atomic E-state index is 0.593. The lowest BCUT2D eigenvalue weighted by Crippen LogP contribution is -2.17. The zero-order valence-corrected chi connectivity index (χ0v) is 10.8. The molecule has 2 aliphatic carbocycles. The predicted octanol–water partition coefficient (Wildman–Crippen LogP) is 3.29. The minimum absolute atomic E-state index is 0.593. The number of rotatable bonds is 1. The molecule has 0 amide bonds. The molecule has 2 saturated carbocycles. The molecule has 3 heteroatoms. The third kappa shape index (κ3) is 1.27. The van der Waals surface area contributed by atoms with E-state index in [9.17, 15) is 0 Å². The summed E-state index contributed by atoms with van der Waals surface area (Å²) in [7, 11) is 0. The Labute approximate surface area is 107 Å². The molecule has 2 aliphatic rings. The van der Waals surface area contributed by atoms with E-state index >= 15 is 0 Å². The summed E-state index contributed by atoms with van der Waals surface area (Å²) in [5, 5.41) is 0. The number of nitrogens with zero attached hydrogens (tertiary/aromatic N) is 2. The first-order valence-electron chi connectivity index (χ1n) is 6.97. The second-order valence-corrected chi connectivity index (χ2v) is 6.02. The average molecular weight is 241 g/mol. The highest BCUT2D eigenvalue weighted by Crippen LogP contribution is 2.52. The number of benzene rings is 1. The van der Waals surface area contributed by atoms with Crippen LogP contribution in [-0.2, 0) is 0 Å². The highest BCUT2D eigenvalue weighted by atomic mass is 15.2. The number of aromatic nitrogens is 2. The summed E-state index contributed by atoms with van der Waals surface area (Å²) < 4.78 is 2.31. The number of aryl methyl sites for hydroxylation is 1. The number of nitrogens with two attached hydrogens (primary N) is 1. The molecule has 2 bridgehead atoms. The van der Waals surface area contributed by atoms with Crippen molar-refractivity contribution in [2.24, 2.45) is 11.8 Å². The van der Waals surface area contributed by atoms with Gasteiger partial charge in [-0.25, -0.2) is 4.98 Å². The van der Waals surface area contributed by atoms with Crippen LogP contribution < -0.4 is 5.73 Å². The van der Waals surface area contributed by atoms with Gasteiger partial charge in [-0.3, -0.25) is 0 Å². The molecule has 3 atom stereocenters. The number of imidazole rings is 1. The van der Waals surface area contributed by atoms with Crippen molar-refractivity contribution < 1.29 is 0 Å². The maximum absolute atomic E-state index is 6.19. The molecule has 3 unspecified atom stereocenters. The maximum Gasteiger partial charge on any atom is 0.201 e. The highest BCUT2D eigenvalue weighted by molar-refractivity contribution is 5.81. The van der Waals surface area contributed by atoms with Gasteiger partial charge in [-0.05, 0) is 49.7 Å². The first kappa shape index (κ1) is 10.4. The normalized spacial score (nSPS) is 30.4. The fraction of sp³-hybridized carbons (Fsp3) is 0.533. The lowest BCUT2D eigenvalue weighted by Gasteiger charge is -2.24. The fourth-order valence-corrected chi connectivity index (χ4v) is 4.15. The molecule has 0 spiro atoms. The zero-order chi connectivity index (χ0) is 12.3. The van der Waals surface area contributed by atoms with E-state index in [0.29, 0.717) is 12.0 Å². The fourth-order valence-electron chi connectivity index (χ4n) is 4.15. The molecule has 0 radical (unpaired) electrons. The Balaban J connectivity index is 1.90. The van der Waals surface area contributed by atoms with E-state index in [1.165, 1.54) is 36.8 Å². The van der Waals surface area contributed by atoms with E-state index in [-0.39, 0.29) is 0 Å². The first-order chi connectivity index (χ1) is 8.74. The summed E-state index contributed by atoms with van der Waals surface area (Å²) >= 11 is 0. The van der Waals surface area contributed by atoms with E-state index < -0.39 is 0 Å². The van der Waals surface area contributed by atoms with E-state index in [2.05, 4.69) is 34.7 Å². The van der Waals surface area contributed by atoms with Crippen LogP contribution in [0.1, 0.15) is 37.3 Å². The number of nitrogen functional groups attached to an aromatic ring is 1. The lowest BCUT2D eigenvalue weighted by molar-refractivity contribution is 0.339. The molecular weight excluding hydrogens is 222 g/mol. The van der Waals surface area contributed by atoms with E-state index in [1.807, 2.05) is 0 Å². The van der Waals surface area contributed by atoms with Gasteiger partial charge in [0.1, 0.15) is 0 Å². The van der Waals surface area contributed by atoms with Gasteiger partial charge in [0.05, 0.1) is 11.0 Å². The third-order valence-corrected chi connectivity index (χ3v) is 4.98. The van der Waals surface area contributed by atoms with Gasteiger partial charge in [-0.2, -0.15) is 0 Å². The van der Waals surface area contributed by atoms with E-state index in [4.69, 9.17) is 5.73 Å². The molecular formula is C15H19N3. The van der Waals surface area contributed by atoms with Gasteiger partial charge in [0.15, 0.2) is 0 Å². The SMILES string of the molecule is Cc1cccc2c1nc(N)n2C1CC2CCC1C2. The molecule has 2 N–H and O–H groups in total. The molecule has 18 heavy (non-hydrogen) atoms. The highest BCUT2D eigenvalue weighted by Gasteiger charge is 2.41. The quantitative estimate of drug-likeness (QED) is 0.832. The summed E-state index contributed by atoms with van der Waals surface area (Å²) in [4.78, 5) is 4.58. The molecule has 0 saturated heterocycles. The number of anilines is 1. The van der Waals surface area contributed by atoms with Crippen LogP contribution >= 0.6 is 0 Å². The molecule has 3 nitrogen and oxygen atoms in total. The molecule has 4 rings (SSSR count). The number of hydrogen-bond acceptors (Lipinski definition) is 2. The van der Waals surface area contributed by atoms with Crippen LogP contribution in [0.5, 0.6) is 0 Å². The molecule has 94 valence electrons. The van der Waals surface area contributed by atoms with Gasteiger partial charge in [-0.1, -0.05) is 18.6 Å². The maximum atomic E-state index is 6.19. The minimum Gasteiger partial charge on any atom is -0.369 e. The Morgan fingerprint density at radius 1 is 1.28 bits per heavy atom. The van der Waals surface area contributed by atoms with Gasteiger partial charge < -0.3 is 10.3 Å². The molecule has 1 heterocycles. The number of fused-ring (bicyclic) bond motifs is 3. The van der Waals surface area contributed by atoms with Gasteiger partial charge in [-0.15, -0.1) is 0 Å². The van der Waals surface area contributed by atoms with Crippen LogP contribution in [-0.4, -0.2) is 9.55 Å². The van der Waals surface area contributed by atoms with Crippen molar-refractivity contribution in [2.75, 3.05) is 5.73 Å². The van der Waals surface area contributed by atoms with Crippen molar-refractivity contribution in [3.05, 3.63) is 23.8 Å². The Kier molecular flexibility index (Phi) is 2.02. The van der Waals surface area contributed by atoms with Gasteiger partial charge in [0.25, 0.3) is 0 Å². The van der Waals surface area contributed by atoms with Gasteiger partial charge >= 0.3 is 0 Å². The van der Waals surface area contributed by atoms with Crippen molar-refractivity contribution in [1.82, 2.24) is 9.55 Å². The van der Waals surface area contributed by atoms with Gasteiger partial charge in [0, 0.05) is 6.04 Å². The largest absolute Gasteiger partial charge is 0.369 e.